The summed E-state index contributed by atoms with van der Waals surface area (Å²) >= 11 is 5.79. The molecule has 15 heteroatoms. The number of aliphatic carboxylic acids is 2. The SMILES string of the molecule is Fc1ccc(-c2ccc3c(n2)OCCNC3)cc1Cl.O=C(O)C(F)(F)F.O=C(O)C(F)(F)F. The van der Waals surface area contributed by atoms with Crippen LogP contribution in [0.15, 0.2) is 30.3 Å². The molecule has 1 aliphatic heterocycles. The van der Waals surface area contributed by atoms with Gasteiger partial charge < -0.3 is 20.3 Å². The largest absolute Gasteiger partial charge is 0.490 e. The van der Waals surface area contributed by atoms with E-state index in [9.17, 15) is 30.7 Å². The van der Waals surface area contributed by atoms with Gasteiger partial charge >= 0.3 is 24.3 Å². The van der Waals surface area contributed by atoms with Gasteiger partial charge in [0.25, 0.3) is 0 Å². The summed E-state index contributed by atoms with van der Waals surface area (Å²) in [5.74, 6) is -5.32. The van der Waals surface area contributed by atoms with Crippen LogP contribution in [0.1, 0.15) is 5.56 Å². The van der Waals surface area contributed by atoms with Crippen molar-refractivity contribution < 1.29 is 55.3 Å². The fraction of sp³-hybridized carbons (Fsp3) is 0.278. The number of ether oxygens (including phenoxy) is 1. The number of pyridine rings is 1. The molecule has 0 atom stereocenters. The molecule has 0 radical (unpaired) electrons. The van der Waals surface area contributed by atoms with Gasteiger partial charge in [-0.1, -0.05) is 17.7 Å². The molecule has 182 valence electrons. The Labute approximate surface area is 185 Å². The molecular weight excluding hydrogens is 493 g/mol. The molecule has 33 heavy (non-hydrogen) atoms. The molecule has 2 heterocycles. The summed E-state index contributed by atoms with van der Waals surface area (Å²) in [6.07, 6.45) is -10.2. The monoisotopic (exact) mass is 506 g/mol. The topological polar surface area (TPSA) is 109 Å². The number of rotatable bonds is 1. The van der Waals surface area contributed by atoms with Crippen LogP contribution in [0.5, 0.6) is 5.88 Å². The molecule has 0 spiro atoms. The predicted molar refractivity (Wildman–Crippen MR) is 99.2 cm³/mol. The van der Waals surface area contributed by atoms with E-state index in [-0.39, 0.29) is 5.02 Å². The van der Waals surface area contributed by atoms with Crippen LogP contribution in [0.4, 0.5) is 30.7 Å². The average molecular weight is 507 g/mol. The summed E-state index contributed by atoms with van der Waals surface area (Å²) in [6.45, 7) is 2.13. The Morgan fingerprint density at radius 2 is 1.55 bits per heavy atom. The van der Waals surface area contributed by atoms with Crippen molar-refractivity contribution >= 4 is 23.5 Å². The first-order valence-electron chi connectivity index (χ1n) is 8.52. The van der Waals surface area contributed by atoms with Crippen molar-refractivity contribution in [3.63, 3.8) is 0 Å². The number of carboxylic acids is 2. The van der Waals surface area contributed by atoms with Crippen LogP contribution in [0.2, 0.25) is 5.02 Å². The van der Waals surface area contributed by atoms with Gasteiger partial charge in [-0.15, -0.1) is 0 Å². The van der Waals surface area contributed by atoms with Crippen molar-refractivity contribution in [3.05, 3.63) is 46.7 Å². The molecule has 0 fully saturated rings. The molecule has 1 aromatic heterocycles. The zero-order valence-corrected chi connectivity index (χ0v) is 16.9. The van der Waals surface area contributed by atoms with E-state index >= 15 is 0 Å². The third kappa shape index (κ3) is 9.49. The number of nitrogens with zero attached hydrogens (tertiary/aromatic N) is 1. The number of fused-ring (bicyclic) bond motifs is 1. The molecule has 1 aromatic carbocycles. The van der Waals surface area contributed by atoms with Crippen molar-refractivity contribution in [2.45, 2.75) is 18.9 Å². The van der Waals surface area contributed by atoms with Crippen molar-refractivity contribution in [1.82, 2.24) is 10.3 Å². The van der Waals surface area contributed by atoms with Gasteiger partial charge in [-0.2, -0.15) is 26.3 Å². The third-order valence-electron chi connectivity index (χ3n) is 3.47. The standard InChI is InChI=1S/C14H12ClFN2O.2C2HF3O2/c15-11-7-9(1-3-12(11)16)13-4-2-10-8-17-5-6-19-14(10)18-13;2*3-2(4,5)1(6)7/h1-4,7,17H,5-6,8H2;2*(H,6,7). The second-order valence-corrected chi connectivity index (χ2v) is 6.33. The molecule has 3 rings (SSSR count). The fourth-order valence-corrected chi connectivity index (χ4v) is 2.17. The lowest BCUT2D eigenvalue weighted by Gasteiger charge is -2.08. The highest BCUT2D eigenvalue weighted by molar-refractivity contribution is 6.31. The normalized spacial score (nSPS) is 13.1. The van der Waals surface area contributed by atoms with E-state index in [1.807, 2.05) is 12.1 Å². The molecule has 0 amide bonds. The number of alkyl halides is 6. The van der Waals surface area contributed by atoms with E-state index in [1.54, 1.807) is 12.1 Å². The number of aromatic nitrogens is 1. The molecule has 0 unspecified atom stereocenters. The summed E-state index contributed by atoms with van der Waals surface area (Å²) < 4.78 is 82.2. The number of nitrogens with one attached hydrogen (secondary N) is 1. The van der Waals surface area contributed by atoms with Gasteiger partial charge in [-0.05, 0) is 24.3 Å². The van der Waals surface area contributed by atoms with Crippen LogP contribution in [0, 0.1) is 5.82 Å². The van der Waals surface area contributed by atoms with Crippen LogP contribution in [-0.2, 0) is 16.1 Å². The summed E-state index contributed by atoms with van der Waals surface area (Å²) in [6, 6.07) is 8.42. The molecule has 7 nitrogen and oxygen atoms in total. The van der Waals surface area contributed by atoms with Crippen LogP contribution < -0.4 is 10.1 Å². The lowest BCUT2D eigenvalue weighted by molar-refractivity contribution is -0.193. The Morgan fingerprint density at radius 3 is 2.03 bits per heavy atom. The molecule has 0 bridgehead atoms. The molecular formula is C18H14ClF7N2O5. The minimum absolute atomic E-state index is 0.0943. The lowest BCUT2D eigenvalue weighted by atomic mass is 10.1. The maximum atomic E-state index is 13.2. The van der Waals surface area contributed by atoms with E-state index in [0.29, 0.717) is 12.5 Å². The van der Waals surface area contributed by atoms with Crippen LogP contribution in [0.3, 0.4) is 0 Å². The summed E-state index contributed by atoms with van der Waals surface area (Å²) in [4.78, 5) is 22.3. The third-order valence-corrected chi connectivity index (χ3v) is 3.76. The zero-order valence-electron chi connectivity index (χ0n) is 16.1. The molecule has 0 saturated heterocycles. The number of halogens is 8. The Hall–Kier alpha value is -3.13. The van der Waals surface area contributed by atoms with Gasteiger partial charge in [0.2, 0.25) is 5.88 Å². The highest BCUT2D eigenvalue weighted by Gasteiger charge is 2.38. The number of carbonyl (C=O) groups is 2. The van der Waals surface area contributed by atoms with E-state index in [1.165, 1.54) is 6.07 Å². The molecule has 2 aromatic rings. The van der Waals surface area contributed by atoms with Gasteiger partial charge in [0.1, 0.15) is 12.4 Å². The Bertz CT molecular complexity index is 960. The molecule has 0 aliphatic carbocycles. The second-order valence-electron chi connectivity index (χ2n) is 5.92. The molecule has 3 N–H and O–H groups in total. The van der Waals surface area contributed by atoms with Gasteiger partial charge in [0.05, 0.1) is 10.7 Å². The smallest absolute Gasteiger partial charge is 0.476 e. The second kappa shape index (κ2) is 11.7. The predicted octanol–water partition coefficient (Wildman–Crippen LogP) is 4.29. The van der Waals surface area contributed by atoms with Gasteiger partial charge in [0.15, 0.2) is 0 Å². The van der Waals surface area contributed by atoms with Gasteiger partial charge in [-0.3, -0.25) is 0 Å². The highest BCUT2D eigenvalue weighted by atomic mass is 35.5. The van der Waals surface area contributed by atoms with Crippen molar-refractivity contribution in [1.29, 1.82) is 0 Å². The number of hydrogen-bond acceptors (Lipinski definition) is 5. The Kier molecular flexibility index (Phi) is 9.85. The summed E-state index contributed by atoms with van der Waals surface area (Å²) in [5.41, 5.74) is 2.52. The quantitative estimate of drug-likeness (QED) is 0.495. The molecule has 1 aliphatic rings. The van der Waals surface area contributed by atoms with Gasteiger partial charge in [0, 0.05) is 24.2 Å². The Balaban J connectivity index is 0.000000324. The first-order valence-corrected chi connectivity index (χ1v) is 8.89. The van der Waals surface area contributed by atoms with Crippen LogP contribution >= 0.6 is 11.6 Å². The van der Waals surface area contributed by atoms with Crippen LogP contribution in [-0.4, -0.2) is 52.6 Å². The molecule has 0 saturated carbocycles. The number of carboxylic acid groups (broad SMARTS) is 2. The Morgan fingerprint density at radius 1 is 1.00 bits per heavy atom. The highest BCUT2D eigenvalue weighted by Crippen LogP contribution is 2.27. The minimum atomic E-state index is -5.08. The van der Waals surface area contributed by atoms with Crippen molar-refractivity contribution in [3.8, 4) is 17.1 Å². The first kappa shape index (κ1) is 27.9. The number of benzene rings is 1. The maximum Gasteiger partial charge on any atom is 0.490 e. The van der Waals surface area contributed by atoms with E-state index in [0.717, 1.165) is 29.9 Å². The van der Waals surface area contributed by atoms with Gasteiger partial charge in [-0.25, -0.2) is 19.0 Å². The lowest BCUT2D eigenvalue weighted by Crippen LogP contribution is -2.21. The summed E-state index contributed by atoms with van der Waals surface area (Å²) in [7, 11) is 0. The minimum Gasteiger partial charge on any atom is -0.476 e. The maximum absolute atomic E-state index is 13.2. The van der Waals surface area contributed by atoms with Crippen molar-refractivity contribution in [2.24, 2.45) is 0 Å². The number of hydrogen-bond donors (Lipinski definition) is 3. The first-order chi connectivity index (χ1) is 15.1. The van der Waals surface area contributed by atoms with Crippen LogP contribution in [0.25, 0.3) is 11.3 Å². The fourth-order valence-electron chi connectivity index (χ4n) is 1.99. The zero-order chi connectivity index (χ0) is 25.4. The van der Waals surface area contributed by atoms with E-state index in [2.05, 4.69) is 10.3 Å². The van der Waals surface area contributed by atoms with E-state index < -0.39 is 30.1 Å². The summed E-state index contributed by atoms with van der Waals surface area (Å²) in [5, 5.41) is 17.6. The van der Waals surface area contributed by atoms with Crippen molar-refractivity contribution in [2.75, 3.05) is 13.2 Å². The van der Waals surface area contributed by atoms with E-state index in [4.69, 9.17) is 36.1 Å². The average Bonchev–Trinajstić information content (AvgIpc) is 2.94.